The van der Waals surface area contributed by atoms with Crippen molar-refractivity contribution in [3.63, 3.8) is 0 Å². The maximum Gasteiger partial charge on any atom is 0.326 e. The van der Waals surface area contributed by atoms with Crippen LogP contribution in [0.2, 0.25) is 0 Å². The quantitative estimate of drug-likeness (QED) is 0.419. The Balaban J connectivity index is 2.08. The number of carbonyl (C=O) groups is 2. The van der Waals surface area contributed by atoms with Gasteiger partial charge in [-0.1, -0.05) is 69.0 Å². The van der Waals surface area contributed by atoms with Crippen molar-refractivity contribution < 1.29 is 14.3 Å². The minimum Gasteiger partial charge on any atom is -0.461 e. The first kappa shape index (κ1) is 19.7. The first-order valence-electron chi connectivity index (χ1n) is 8.36. The zero-order valence-corrected chi connectivity index (χ0v) is 16.6. The molecule has 1 heterocycles. The molecule has 0 bridgehead atoms. The van der Waals surface area contributed by atoms with Crippen LogP contribution in [0.25, 0.3) is 6.08 Å². The summed E-state index contributed by atoms with van der Waals surface area (Å²) >= 11 is 6.46. The Kier molecular flexibility index (Phi) is 6.79. The molecule has 0 spiro atoms. The number of thiocarbonyl (C=S) groups is 1. The van der Waals surface area contributed by atoms with Crippen molar-refractivity contribution in [2.24, 2.45) is 0 Å². The molecule has 0 N–H and O–H groups in total. The highest BCUT2D eigenvalue weighted by Gasteiger charge is 2.34. The van der Waals surface area contributed by atoms with Crippen LogP contribution >= 0.6 is 24.0 Å². The van der Waals surface area contributed by atoms with Gasteiger partial charge in [0.15, 0.2) is 0 Å². The molecule has 0 unspecified atom stereocenters. The number of thioether (sulfide) groups is 1. The van der Waals surface area contributed by atoms with Crippen molar-refractivity contribution in [3.8, 4) is 0 Å². The van der Waals surface area contributed by atoms with Crippen molar-refractivity contribution in [2.75, 3.05) is 6.54 Å². The monoisotopic (exact) mass is 377 g/mol. The highest BCUT2D eigenvalue weighted by atomic mass is 32.2. The van der Waals surface area contributed by atoms with Crippen LogP contribution in [0.15, 0.2) is 29.2 Å². The molecule has 1 aliphatic rings. The second kappa shape index (κ2) is 8.63. The van der Waals surface area contributed by atoms with E-state index in [1.807, 2.05) is 32.1 Å². The standard InChI is InChI=1S/C19H23NO3S2/c1-5-13(4)23-17(21)11-20-18(22)16(25-19(20)24)10-14-6-8-15(9-7-14)12(2)3/h6-10,12-13H,5,11H2,1-4H3/b16-10-/t13-/m0/s1. The molecule has 6 heteroatoms. The summed E-state index contributed by atoms with van der Waals surface area (Å²) in [5.74, 6) is -0.221. The largest absolute Gasteiger partial charge is 0.461 e. The van der Waals surface area contributed by atoms with E-state index in [1.165, 1.54) is 22.2 Å². The maximum absolute atomic E-state index is 12.5. The van der Waals surface area contributed by atoms with Gasteiger partial charge in [0.05, 0.1) is 11.0 Å². The summed E-state index contributed by atoms with van der Waals surface area (Å²) in [7, 11) is 0. The van der Waals surface area contributed by atoms with E-state index in [0.717, 1.165) is 12.0 Å². The van der Waals surface area contributed by atoms with Gasteiger partial charge >= 0.3 is 5.97 Å². The predicted octanol–water partition coefficient (Wildman–Crippen LogP) is 4.35. The van der Waals surface area contributed by atoms with Crippen LogP contribution in [-0.2, 0) is 14.3 Å². The van der Waals surface area contributed by atoms with Crippen LogP contribution in [0.3, 0.4) is 0 Å². The molecule has 0 aliphatic carbocycles. The zero-order valence-electron chi connectivity index (χ0n) is 14.9. The summed E-state index contributed by atoms with van der Waals surface area (Å²) in [6.45, 7) is 7.89. The number of benzene rings is 1. The molecule has 1 saturated heterocycles. The molecule has 134 valence electrons. The molecule has 1 aliphatic heterocycles. The van der Waals surface area contributed by atoms with Gasteiger partial charge in [0.2, 0.25) is 0 Å². The van der Waals surface area contributed by atoms with Gasteiger partial charge < -0.3 is 4.74 Å². The molecule has 0 aromatic heterocycles. The average Bonchev–Trinajstić information content (AvgIpc) is 2.82. The van der Waals surface area contributed by atoms with E-state index < -0.39 is 5.97 Å². The lowest BCUT2D eigenvalue weighted by atomic mass is 10.0. The third-order valence-electron chi connectivity index (χ3n) is 3.97. The molecule has 1 aromatic rings. The molecule has 1 amide bonds. The van der Waals surface area contributed by atoms with Gasteiger partial charge in [0.25, 0.3) is 5.91 Å². The third kappa shape index (κ3) is 5.16. The Bertz CT molecular complexity index is 695. The molecule has 1 fully saturated rings. The Hall–Kier alpha value is -1.66. The van der Waals surface area contributed by atoms with Crippen LogP contribution in [0.1, 0.15) is 51.2 Å². The Morgan fingerprint density at radius 1 is 1.28 bits per heavy atom. The first-order chi connectivity index (χ1) is 11.8. The smallest absolute Gasteiger partial charge is 0.326 e. The average molecular weight is 378 g/mol. The van der Waals surface area contributed by atoms with Crippen molar-refractivity contribution in [3.05, 3.63) is 40.3 Å². The van der Waals surface area contributed by atoms with E-state index >= 15 is 0 Å². The fraction of sp³-hybridized carbons (Fsp3) is 0.421. The van der Waals surface area contributed by atoms with Gasteiger partial charge in [-0.15, -0.1) is 0 Å². The van der Waals surface area contributed by atoms with Gasteiger partial charge in [-0.3, -0.25) is 14.5 Å². The number of esters is 1. The molecule has 2 rings (SSSR count). The van der Waals surface area contributed by atoms with Crippen molar-refractivity contribution >= 4 is 46.3 Å². The van der Waals surface area contributed by atoms with Crippen LogP contribution in [-0.4, -0.2) is 33.7 Å². The number of ether oxygens (including phenoxy) is 1. The minimum absolute atomic E-state index is 0.140. The second-order valence-electron chi connectivity index (χ2n) is 6.30. The highest BCUT2D eigenvalue weighted by molar-refractivity contribution is 8.26. The fourth-order valence-corrected chi connectivity index (χ4v) is 3.49. The van der Waals surface area contributed by atoms with E-state index in [0.29, 0.717) is 15.1 Å². The molecule has 0 saturated carbocycles. The predicted molar refractivity (Wildman–Crippen MR) is 106 cm³/mol. The van der Waals surface area contributed by atoms with E-state index in [2.05, 4.69) is 26.0 Å². The lowest BCUT2D eigenvalue weighted by Crippen LogP contribution is -2.35. The van der Waals surface area contributed by atoms with Crippen LogP contribution in [0.5, 0.6) is 0 Å². The summed E-state index contributed by atoms with van der Waals surface area (Å²) in [6.07, 6.45) is 2.38. The summed E-state index contributed by atoms with van der Waals surface area (Å²) < 4.78 is 5.61. The lowest BCUT2D eigenvalue weighted by molar-refractivity contribution is -0.150. The van der Waals surface area contributed by atoms with Crippen molar-refractivity contribution in [1.29, 1.82) is 0 Å². The van der Waals surface area contributed by atoms with Gasteiger partial charge in [0.1, 0.15) is 10.9 Å². The molecule has 1 atom stereocenters. The third-order valence-corrected chi connectivity index (χ3v) is 5.35. The topological polar surface area (TPSA) is 46.6 Å². The van der Waals surface area contributed by atoms with E-state index in [1.54, 1.807) is 0 Å². The van der Waals surface area contributed by atoms with Gasteiger partial charge in [0, 0.05) is 0 Å². The molecule has 1 aromatic carbocycles. The van der Waals surface area contributed by atoms with Gasteiger partial charge in [-0.2, -0.15) is 0 Å². The summed E-state index contributed by atoms with van der Waals surface area (Å²) in [5, 5.41) is 0. The number of hydrogen-bond acceptors (Lipinski definition) is 5. The number of nitrogens with zero attached hydrogens (tertiary/aromatic N) is 1. The van der Waals surface area contributed by atoms with Gasteiger partial charge in [-0.05, 0) is 36.5 Å². The van der Waals surface area contributed by atoms with Crippen LogP contribution in [0, 0.1) is 0 Å². The Morgan fingerprint density at radius 3 is 2.48 bits per heavy atom. The van der Waals surface area contributed by atoms with Crippen LogP contribution < -0.4 is 0 Å². The molecule has 0 radical (unpaired) electrons. The molecule has 4 nitrogen and oxygen atoms in total. The summed E-state index contributed by atoms with van der Waals surface area (Å²) in [6, 6.07) is 8.08. The van der Waals surface area contributed by atoms with Crippen LogP contribution in [0.4, 0.5) is 0 Å². The zero-order chi connectivity index (χ0) is 18.6. The van der Waals surface area contributed by atoms with E-state index in [4.69, 9.17) is 17.0 Å². The summed E-state index contributed by atoms with van der Waals surface area (Å²) in [5.41, 5.74) is 2.18. The van der Waals surface area contributed by atoms with Crippen molar-refractivity contribution in [1.82, 2.24) is 4.90 Å². The number of rotatable bonds is 6. The molecular weight excluding hydrogens is 354 g/mol. The highest BCUT2D eigenvalue weighted by Crippen LogP contribution is 2.32. The Labute approximate surface area is 158 Å². The Morgan fingerprint density at radius 2 is 1.92 bits per heavy atom. The fourth-order valence-electron chi connectivity index (χ4n) is 2.24. The summed E-state index contributed by atoms with van der Waals surface area (Å²) in [4.78, 5) is 26.3. The van der Waals surface area contributed by atoms with E-state index in [9.17, 15) is 9.59 Å². The second-order valence-corrected chi connectivity index (χ2v) is 7.97. The number of amides is 1. The number of carbonyl (C=O) groups excluding carboxylic acids is 2. The van der Waals surface area contributed by atoms with E-state index in [-0.39, 0.29) is 18.6 Å². The molecule has 25 heavy (non-hydrogen) atoms. The minimum atomic E-state index is -0.437. The maximum atomic E-state index is 12.5. The SMILES string of the molecule is CC[C@H](C)OC(=O)CN1C(=O)/C(=C/c2ccc(C(C)C)cc2)SC1=S. The number of hydrogen-bond donors (Lipinski definition) is 0. The van der Waals surface area contributed by atoms with Gasteiger partial charge in [-0.25, -0.2) is 0 Å². The van der Waals surface area contributed by atoms with Crippen molar-refractivity contribution in [2.45, 2.75) is 46.1 Å². The molecular formula is C19H23NO3S2. The first-order valence-corrected chi connectivity index (χ1v) is 9.59. The normalized spacial score (nSPS) is 17.5. The lowest BCUT2D eigenvalue weighted by Gasteiger charge is -2.16.